The van der Waals surface area contributed by atoms with E-state index in [9.17, 15) is 40.9 Å². The second-order valence-corrected chi connectivity index (χ2v) is 5.61. The number of aliphatic hydroxyl groups excluding tert-OH is 8. The molecule has 0 amide bonds. The van der Waals surface area contributed by atoms with Gasteiger partial charge in [0.15, 0.2) is 12.6 Å². The third-order valence-electron chi connectivity index (χ3n) is 3.94. The molecule has 8 N–H and O–H groups in total. The van der Waals surface area contributed by atoms with Gasteiger partial charge in [0.05, 0.1) is 13.2 Å². The Bertz CT molecular complexity index is 348. The van der Waals surface area contributed by atoms with Crippen LogP contribution in [0.3, 0.4) is 0 Å². The summed E-state index contributed by atoms with van der Waals surface area (Å²) in [6.07, 6.45) is -15.3. The fraction of sp³-hybridized carbons (Fsp3) is 1.00. The van der Waals surface area contributed by atoms with Gasteiger partial charge in [-0.15, -0.1) is 0 Å². The summed E-state index contributed by atoms with van der Waals surface area (Å²) in [4.78, 5) is 0. The van der Waals surface area contributed by atoms with Gasteiger partial charge in [0.25, 0.3) is 0 Å². The molecule has 0 spiro atoms. The van der Waals surface area contributed by atoms with Gasteiger partial charge in [0.2, 0.25) is 0 Å². The van der Waals surface area contributed by atoms with E-state index < -0.39 is 61.4 Å². The third kappa shape index (κ3) is 3.97. The van der Waals surface area contributed by atoms with E-state index in [-0.39, 0.29) is 13.2 Å². The molecule has 0 aliphatic carbocycles. The van der Waals surface area contributed by atoms with Crippen molar-refractivity contribution < 1.29 is 55.1 Å². The Balaban J connectivity index is 1.82. The average molecular weight is 342 g/mol. The predicted molar refractivity (Wildman–Crippen MR) is 68.6 cm³/mol. The van der Waals surface area contributed by atoms with E-state index >= 15 is 0 Å². The van der Waals surface area contributed by atoms with E-state index in [0.29, 0.717) is 0 Å². The smallest absolute Gasteiger partial charge is 0.184 e. The van der Waals surface area contributed by atoms with Gasteiger partial charge in [0, 0.05) is 0 Å². The average Bonchev–Trinajstić information content (AvgIpc) is 2.52. The van der Waals surface area contributed by atoms with Crippen LogP contribution in [0.25, 0.3) is 0 Å². The molecule has 2 heterocycles. The fourth-order valence-corrected chi connectivity index (χ4v) is 2.44. The van der Waals surface area contributed by atoms with Crippen molar-refractivity contribution in [1.82, 2.24) is 0 Å². The minimum atomic E-state index is -1.70. The van der Waals surface area contributed by atoms with Crippen molar-refractivity contribution in [2.75, 3.05) is 13.2 Å². The van der Waals surface area contributed by atoms with Crippen molar-refractivity contribution in [3.63, 3.8) is 0 Å². The summed E-state index contributed by atoms with van der Waals surface area (Å²) in [6, 6.07) is 0. The van der Waals surface area contributed by atoms with Gasteiger partial charge in [-0.3, -0.25) is 0 Å². The van der Waals surface area contributed by atoms with Gasteiger partial charge in [-0.2, -0.15) is 0 Å². The SMILES string of the molecule is OC1O[C@H](COC[C@H]2OC(O)[C@H](O)[C@H](O)[C@@H]2O)[C@@H](O)[C@@H](O)[C@H]1O. The van der Waals surface area contributed by atoms with E-state index in [0.717, 1.165) is 0 Å². The lowest BCUT2D eigenvalue weighted by molar-refractivity contribution is -0.300. The Kier molecular flexibility index (Phi) is 6.27. The van der Waals surface area contributed by atoms with E-state index in [4.69, 9.17) is 14.2 Å². The van der Waals surface area contributed by atoms with Crippen LogP contribution in [-0.2, 0) is 14.2 Å². The zero-order chi connectivity index (χ0) is 17.3. The van der Waals surface area contributed by atoms with Crippen LogP contribution in [0.15, 0.2) is 0 Å². The molecule has 11 nitrogen and oxygen atoms in total. The number of hydrogen-bond donors (Lipinski definition) is 8. The second-order valence-electron chi connectivity index (χ2n) is 5.61. The van der Waals surface area contributed by atoms with Crippen LogP contribution in [-0.4, -0.2) is 115 Å². The Morgan fingerprint density at radius 3 is 1.22 bits per heavy atom. The molecule has 11 heteroatoms. The first-order valence-electron chi connectivity index (χ1n) is 7.07. The summed E-state index contributed by atoms with van der Waals surface area (Å²) in [6.45, 7) is -0.660. The van der Waals surface area contributed by atoms with Gasteiger partial charge in [0.1, 0.15) is 48.8 Å². The van der Waals surface area contributed by atoms with Crippen LogP contribution in [0.2, 0.25) is 0 Å². The zero-order valence-corrected chi connectivity index (χ0v) is 12.0. The standard InChI is InChI=1S/C12H22O11/c13-5-3(22-11(19)9(17)7(5)15)1-21-2-4-6(14)8(16)10(18)12(20)23-4/h3-20H,1-2H2/t3-,4-,5-,6-,7-,8-,9-,10-,11?,12?/m1/s1. The molecule has 0 aromatic carbocycles. The monoisotopic (exact) mass is 342 g/mol. The fourth-order valence-electron chi connectivity index (χ4n) is 2.44. The van der Waals surface area contributed by atoms with Gasteiger partial charge in [-0.25, -0.2) is 0 Å². The largest absolute Gasteiger partial charge is 0.387 e. The highest BCUT2D eigenvalue weighted by Gasteiger charge is 2.45. The lowest BCUT2D eigenvalue weighted by Gasteiger charge is -2.39. The highest BCUT2D eigenvalue weighted by molar-refractivity contribution is 4.90. The number of aliphatic hydroxyl groups is 8. The normalized spacial score (nSPS) is 51.7. The summed E-state index contributed by atoms with van der Waals surface area (Å²) in [5.74, 6) is 0. The van der Waals surface area contributed by atoms with Crippen LogP contribution in [0.4, 0.5) is 0 Å². The van der Waals surface area contributed by atoms with Crippen molar-refractivity contribution in [1.29, 1.82) is 0 Å². The minimum absolute atomic E-state index is 0.330. The van der Waals surface area contributed by atoms with E-state index in [1.807, 2.05) is 0 Å². The summed E-state index contributed by atoms with van der Waals surface area (Å²) in [5, 5.41) is 75.9. The van der Waals surface area contributed by atoms with Gasteiger partial charge in [-0.1, -0.05) is 0 Å². The summed E-state index contributed by atoms with van der Waals surface area (Å²) < 4.78 is 14.9. The molecule has 2 aliphatic rings. The number of hydrogen-bond acceptors (Lipinski definition) is 11. The van der Waals surface area contributed by atoms with E-state index in [2.05, 4.69) is 0 Å². The summed E-state index contributed by atoms with van der Waals surface area (Å²) in [7, 11) is 0. The van der Waals surface area contributed by atoms with Crippen molar-refractivity contribution in [2.45, 2.75) is 61.4 Å². The predicted octanol–water partition coefficient (Wildman–Crippen LogP) is -5.40. The first-order valence-corrected chi connectivity index (χ1v) is 7.07. The molecule has 0 bridgehead atoms. The molecule has 0 aromatic rings. The zero-order valence-electron chi connectivity index (χ0n) is 12.0. The van der Waals surface area contributed by atoms with Crippen molar-refractivity contribution in [3.8, 4) is 0 Å². The molecule has 0 radical (unpaired) electrons. The molecule has 2 saturated heterocycles. The molecule has 2 fully saturated rings. The maximum atomic E-state index is 9.71. The Labute approximate surface area is 130 Å². The molecule has 2 rings (SSSR count). The van der Waals surface area contributed by atoms with E-state index in [1.165, 1.54) is 0 Å². The molecule has 0 saturated carbocycles. The highest BCUT2D eigenvalue weighted by atomic mass is 16.7. The third-order valence-corrected chi connectivity index (χ3v) is 3.94. The van der Waals surface area contributed by atoms with Gasteiger partial charge in [-0.05, 0) is 0 Å². The molecule has 136 valence electrons. The van der Waals surface area contributed by atoms with Crippen LogP contribution in [0.5, 0.6) is 0 Å². The summed E-state index contributed by atoms with van der Waals surface area (Å²) >= 11 is 0. The van der Waals surface area contributed by atoms with Gasteiger partial charge < -0.3 is 55.1 Å². The molecule has 2 unspecified atom stereocenters. The van der Waals surface area contributed by atoms with Crippen molar-refractivity contribution in [3.05, 3.63) is 0 Å². The quantitative estimate of drug-likeness (QED) is 0.243. The molecule has 0 aromatic heterocycles. The highest BCUT2D eigenvalue weighted by Crippen LogP contribution is 2.22. The van der Waals surface area contributed by atoms with Crippen LogP contribution < -0.4 is 0 Å². The molecule has 23 heavy (non-hydrogen) atoms. The topological polar surface area (TPSA) is 190 Å². The maximum absolute atomic E-state index is 9.71. The first kappa shape index (κ1) is 18.9. The molecular formula is C12H22O11. The Morgan fingerprint density at radius 2 is 0.870 bits per heavy atom. The van der Waals surface area contributed by atoms with Crippen LogP contribution >= 0.6 is 0 Å². The molecule has 2 aliphatic heterocycles. The molecule has 10 atom stereocenters. The first-order chi connectivity index (χ1) is 10.7. The van der Waals surface area contributed by atoms with Crippen LogP contribution in [0.1, 0.15) is 0 Å². The minimum Gasteiger partial charge on any atom is -0.387 e. The van der Waals surface area contributed by atoms with Crippen LogP contribution in [0, 0.1) is 0 Å². The van der Waals surface area contributed by atoms with E-state index in [1.54, 1.807) is 0 Å². The lowest BCUT2D eigenvalue weighted by atomic mass is 9.99. The molecular weight excluding hydrogens is 320 g/mol. The van der Waals surface area contributed by atoms with Gasteiger partial charge >= 0.3 is 0 Å². The van der Waals surface area contributed by atoms with Crippen molar-refractivity contribution in [2.24, 2.45) is 0 Å². The number of ether oxygens (including phenoxy) is 3. The maximum Gasteiger partial charge on any atom is 0.184 e. The van der Waals surface area contributed by atoms with Crippen molar-refractivity contribution >= 4 is 0 Å². The number of rotatable bonds is 4. The summed E-state index contributed by atoms with van der Waals surface area (Å²) in [5.41, 5.74) is 0. The second kappa shape index (κ2) is 7.63. The Hall–Kier alpha value is -0.440. The lowest BCUT2D eigenvalue weighted by Crippen LogP contribution is -2.60. The Morgan fingerprint density at radius 1 is 0.522 bits per heavy atom.